The van der Waals surface area contributed by atoms with Crippen molar-refractivity contribution in [2.24, 2.45) is 11.8 Å². The average molecular weight is 366 g/mol. The molecule has 4 rings (SSSR count). The van der Waals surface area contributed by atoms with Gasteiger partial charge < -0.3 is 20.4 Å². The Morgan fingerprint density at radius 1 is 1.04 bits per heavy atom. The number of nitrogens with zero attached hydrogens (tertiary/aromatic N) is 2. The predicted molar refractivity (Wildman–Crippen MR) is 88.7 cm³/mol. The molecule has 0 bridgehead atoms. The van der Waals surface area contributed by atoms with Gasteiger partial charge >= 0.3 is 0 Å². The van der Waals surface area contributed by atoms with E-state index in [1.165, 1.54) is 6.08 Å². The van der Waals surface area contributed by atoms with E-state index in [2.05, 4.69) is 10.6 Å². The monoisotopic (exact) mass is 366 g/mol. The van der Waals surface area contributed by atoms with E-state index >= 15 is 0 Å². The first-order chi connectivity index (χ1) is 12.5. The number of likely N-dealkylation sites (tertiary alicyclic amines) is 1. The summed E-state index contributed by atoms with van der Waals surface area (Å²) in [5.74, 6) is -3.00. The first-order valence-electron chi connectivity index (χ1n) is 9.01. The van der Waals surface area contributed by atoms with E-state index in [-0.39, 0.29) is 0 Å². The molecule has 3 heterocycles. The Hall–Kier alpha value is -1.81. The Balaban J connectivity index is 1.59. The number of rotatable bonds is 2. The third kappa shape index (κ3) is 2.84. The van der Waals surface area contributed by atoms with E-state index in [4.69, 9.17) is 0 Å². The van der Waals surface area contributed by atoms with Crippen molar-refractivity contribution in [1.29, 1.82) is 0 Å². The number of nitrogens with one attached hydrogen (secondary N) is 2. The smallest absolute Gasteiger partial charge is 0.237 e. The zero-order valence-electron chi connectivity index (χ0n) is 14.3. The number of amides is 2. The molecule has 0 radical (unpaired) electrons. The van der Waals surface area contributed by atoms with Crippen LogP contribution in [0.2, 0.25) is 0 Å². The van der Waals surface area contributed by atoms with Crippen molar-refractivity contribution in [1.82, 2.24) is 20.4 Å². The average Bonchev–Trinajstić information content (AvgIpc) is 2.86. The zero-order chi connectivity index (χ0) is 18.4. The quantitative estimate of drug-likeness (QED) is 0.447. The van der Waals surface area contributed by atoms with Crippen LogP contribution < -0.4 is 10.6 Å². The summed E-state index contributed by atoms with van der Waals surface area (Å²) < 4.78 is 14.6. The Morgan fingerprint density at radius 3 is 2.35 bits per heavy atom. The van der Waals surface area contributed by atoms with Crippen LogP contribution in [0.1, 0.15) is 12.8 Å². The number of halogens is 1. The van der Waals surface area contributed by atoms with Crippen molar-refractivity contribution in [3.8, 4) is 0 Å². The number of carbonyl (C=O) groups excluding carboxylic acids is 2. The van der Waals surface area contributed by atoms with E-state index in [0.717, 1.165) is 18.0 Å². The van der Waals surface area contributed by atoms with E-state index in [9.17, 15) is 24.2 Å². The highest BCUT2D eigenvalue weighted by atomic mass is 19.1. The normalized spacial score (nSPS) is 38.2. The van der Waals surface area contributed by atoms with Gasteiger partial charge in [0.05, 0.1) is 23.6 Å². The van der Waals surface area contributed by atoms with Gasteiger partial charge in [0.1, 0.15) is 18.3 Å². The molecule has 0 aromatic rings. The second-order valence-corrected chi connectivity index (χ2v) is 7.17. The van der Waals surface area contributed by atoms with Gasteiger partial charge in [-0.05, 0) is 25.0 Å². The maximum absolute atomic E-state index is 14.6. The minimum atomic E-state index is -1.20. The Kier molecular flexibility index (Phi) is 4.55. The number of aliphatic hydroxyl groups is 2. The zero-order valence-corrected chi connectivity index (χ0v) is 14.3. The molecule has 3 fully saturated rings. The number of piperidine rings is 1. The first-order valence-corrected chi connectivity index (χ1v) is 9.01. The van der Waals surface area contributed by atoms with Crippen molar-refractivity contribution >= 4 is 11.8 Å². The number of carbonyl (C=O) groups is 2. The molecule has 8 nitrogen and oxygen atoms in total. The predicted octanol–water partition coefficient (Wildman–Crippen LogP) is -1.37. The van der Waals surface area contributed by atoms with Crippen LogP contribution in [0.4, 0.5) is 4.39 Å². The molecule has 2 amide bonds. The molecule has 3 saturated heterocycles. The van der Waals surface area contributed by atoms with Crippen LogP contribution in [0.25, 0.3) is 0 Å². The highest BCUT2D eigenvalue weighted by Crippen LogP contribution is 2.39. The lowest BCUT2D eigenvalue weighted by Crippen LogP contribution is -2.58. The number of fused-ring (bicyclic) bond motifs is 1. The highest BCUT2D eigenvalue weighted by molar-refractivity contribution is 6.07. The number of piperazine rings is 1. The van der Waals surface area contributed by atoms with Crippen LogP contribution in [-0.2, 0) is 9.59 Å². The maximum Gasteiger partial charge on any atom is 0.237 e. The minimum Gasteiger partial charge on any atom is -0.379 e. The van der Waals surface area contributed by atoms with E-state index in [0.29, 0.717) is 31.6 Å². The molecule has 9 heteroatoms. The van der Waals surface area contributed by atoms with Gasteiger partial charge in [0.15, 0.2) is 0 Å². The summed E-state index contributed by atoms with van der Waals surface area (Å²) in [4.78, 5) is 28.6. The molecule has 4 N–H and O–H groups in total. The summed E-state index contributed by atoms with van der Waals surface area (Å²) in [6, 6.07) is -0.753. The van der Waals surface area contributed by atoms with Crippen LogP contribution >= 0.6 is 0 Å². The first kappa shape index (κ1) is 17.6. The van der Waals surface area contributed by atoms with Crippen molar-refractivity contribution in [2.45, 2.75) is 31.3 Å². The van der Waals surface area contributed by atoms with Gasteiger partial charge in [-0.3, -0.25) is 19.8 Å². The fourth-order valence-electron chi connectivity index (χ4n) is 4.22. The summed E-state index contributed by atoms with van der Waals surface area (Å²) >= 11 is 0. The molecule has 0 saturated carbocycles. The number of hydrogen-bond acceptors (Lipinski definition) is 7. The largest absolute Gasteiger partial charge is 0.379 e. The van der Waals surface area contributed by atoms with Gasteiger partial charge in [-0.1, -0.05) is 0 Å². The third-order valence-corrected chi connectivity index (χ3v) is 5.59. The van der Waals surface area contributed by atoms with Crippen LogP contribution in [0.5, 0.6) is 0 Å². The summed E-state index contributed by atoms with van der Waals surface area (Å²) in [5, 5.41) is 25.4. The minimum absolute atomic E-state index is 0.298. The summed E-state index contributed by atoms with van der Waals surface area (Å²) in [7, 11) is 0. The second-order valence-electron chi connectivity index (χ2n) is 7.17. The molecule has 0 spiro atoms. The van der Waals surface area contributed by atoms with Crippen molar-refractivity contribution in [3.63, 3.8) is 0 Å². The lowest BCUT2D eigenvalue weighted by Gasteiger charge is -2.36. The molecule has 0 aromatic heterocycles. The molecular weight excluding hydrogens is 343 g/mol. The molecule has 3 aliphatic heterocycles. The van der Waals surface area contributed by atoms with Gasteiger partial charge in [-0.25, -0.2) is 4.39 Å². The van der Waals surface area contributed by atoms with Crippen LogP contribution in [0.15, 0.2) is 23.7 Å². The van der Waals surface area contributed by atoms with Crippen LogP contribution in [0, 0.1) is 11.8 Å². The highest BCUT2D eigenvalue weighted by Gasteiger charge is 2.52. The van der Waals surface area contributed by atoms with Crippen molar-refractivity contribution < 1.29 is 24.2 Å². The van der Waals surface area contributed by atoms with Gasteiger partial charge in [-0.15, -0.1) is 0 Å². The van der Waals surface area contributed by atoms with Gasteiger partial charge in [0.25, 0.3) is 0 Å². The number of imide groups is 1. The molecule has 142 valence electrons. The van der Waals surface area contributed by atoms with Crippen molar-refractivity contribution in [3.05, 3.63) is 23.7 Å². The maximum atomic E-state index is 14.6. The number of allylic oxidation sites excluding steroid dienone is 1. The molecule has 4 aliphatic rings. The molecule has 0 aromatic carbocycles. The standard InChI is InChI=1S/C17H23FN4O4/c18-11-7-9-10(8-13(11)21-5-3-19-4-6-21)17(26)22(16(9)25)12-1-2-14(23)20-15(12)24/h7-10,12,14-15,19-20,23-24H,1-6H2. The van der Waals surface area contributed by atoms with Crippen LogP contribution in [0.3, 0.4) is 0 Å². The van der Waals surface area contributed by atoms with E-state index in [1.54, 1.807) is 6.08 Å². The fourth-order valence-corrected chi connectivity index (χ4v) is 4.22. The SMILES string of the molecule is O=C1C2C=C(F)C(N3CCNCC3)=CC2C(=O)N1C1CCC(O)NC1O. The lowest BCUT2D eigenvalue weighted by atomic mass is 9.88. The van der Waals surface area contributed by atoms with E-state index < -0.39 is 48.0 Å². The third-order valence-electron chi connectivity index (χ3n) is 5.59. The lowest BCUT2D eigenvalue weighted by molar-refractivity contribution is -0.149. The number of hydrogen-bond donors (Lipinski definition) is 4. The van der Waals surface area contributed by atoms with E-state index in [1.807, 2.05) is 4.90 Å². The summed E-state index contributed by atoms with van der Waals surface area (Å²) in [6.45, 7) is 2.75. The number of aliphatic hydroxyl groups excluding tert-OH is 2. The fraction of sp³-hybridized carbons (Fsp3) is 0.647. The Labute approximate surface area is 150 Å². The molecule has 1 aliphatic carbocycles. The molecule has 26 heavy (non-hydrogen) atoms. The molecule has 5 unspecified atom stereocenters. The second kappa shape index (κ2) is 6.73. The van der Waals surface area contributed by atoms with Crippen molar-refractivity contribution in [2.75, 3.05) is 26.2 Å². The Morgan fingerprint density at radius 2 is 1.69 bits per heavy atom. The summed E-state index contributed by atoms with van der Waals surface area (Å²) in [6.07, 6.45) is 1.35. The van der Waals surface area contributed by atoms with Crippen LogP contribution in [-0.4, -0.2) is 76.5 Å². The Bertz CT molecular complexity index is 676. The van der Waals surface area contributed by atoms with Gasteiger partial charge in [0.2, 0.25) is 11.8 Å². The molecular formula is C17H23FN4O4. The molecule has 5 atom stereocenters. The summed E-state index contributed by atoms with van der Waals surface area (Å²) in [5.41, 5.74) is 0.369. The topological polar surface area (TPSA) is 105 Å². The van der Waals surface area contributed by atoms with Gasteiger partial charge in [0, 0.05) is 26.2 Å². The van der Waals surface area contributed by atoms with Gasteiger partial charge in [-0.2, -0.15) is 0 Å².